The van der Waals surface area contributed by atoms with E-state index < -0.39 is 0 Å². The predicted octanol–water partition coefficient (Wildman–Crippen LogP) is 0.797. The molecule has 17 heavy (non-hydrogen) atoms. The average molecular weight is 239 g/mol. The van der Waals surface area contributed by atoms with Crippen LogP contribution in [0.4, 0.5) is 11.6 Å². The van der Waals surface area contributed by atoms with E-state index in [4.69, 9.17) is 10.6 Å². The fourth-order valence-electron chi connectivity index (χ4n) is 1.74. The Hall–Kier alpha value is -1.40. The molecule has 0 fully saturated rings. The molecule has 0 radical (unpaired) electrons. The van der Waals surface area contributed by atoms with Crippen LogP contribution in [0.3, 0.4) is 0 Å². The van der Waals surface area contributed by atoms with Gasteiger partial charge in [0.05, 0.1) is 6.61 Å². The van der Waals surface area contributed by atoms with Gasteiger partial charge in [0.15, 0.2) is 0 Å². The van der Waals surface area contributed by atoms with Gasteiger partial charge in [-0.25, -0.2) is 15.8 Å². The lowest BCUT2D eigenvalue weighted by Crippen LogP contribution is -2.29. The average Bonchev–Trinajstić information content (AvgIpc) is 2.39. The number of anilines is 2. The molecule has 1 rings (SSSR count). The van der Waals surface area contributed by atoms with Gasteiger partial charge in [-0.2, -0.15) is 0 Å². The van der Waals surface area contributed by atoms with Gasteiger partial charge in [0.2, 0.25) is 0 Å². The van der Waals surface area contributed by atoms with Gasteiger partial charge < -0.3 is 15.1 Å². The summed E-state index contributed by atoms with van der Waals surface area (Å²) >= 11 is 0. The molecule has 6 heteroatoms. The van der Waals surface area contributed by atoms with Crippen LogP contribution in [0, 0.1) is 0 Å². The third-order valence-corrected chi connectivity index (χ3v) is 2.66. The normalized spacial score (nSPS) is 10.4. The van der Waals surface area contributed by atoms with Crippen molar-refractivity contribution in [1.82, 2.24) is 9.97 Å². The molecule has 0 unspecified atom stereocenters. The van der Waals surface area contributed by atoms with Gasteiger partial charge in [-0.15, -0.1) is 0 Å². The van der Waals surface area contributed by atoms with E-state index in [-0.39, 0.29) is 0 Å². The highest BCUT2D eigenvalue weighted by atomic mass is 16.5. The number of nitrogens with two attached hydrogens (primary N) is 1. The van der Waals surface area contributed by atoms with Gasteiger partial charge in [0.1, 0.15) is 18.0 Å². The molecule has 1 aromatic rings. The van der Waals surface area contributed by atoms with Crippen LogP contribution in [-0.4, -0.2) is 36.8 Å². The third kappa shape index (κ3) is 3.28. The zero-order valence-electron chi connectivity index (χ0n) is 10.7. The summed E-state index contributed by atoms with van der Waals surface area (Å²) in [4.78, 5) is 10.6. The number of nitrogens with zero attached hydrogens (tertiary/aromatic N) is 3. The van der Waals surface area contributed by atoms with Crippen molar-refractivity contribution in [3.8, 4) is 0 Å². The number of ether oxygens (including phenoxy) is 1. The standard InChI is InChI=1S/C11H21N5O/c1-4-9-10(15-12)13-8-14-11(9)16(5-2)6-7-17-3/h8H,4-7,12H2,1-3H3,(H,13,14,15). The van der Waals surface area contributed by atoms with Crippen molar-refractivity contribution in [1.29, 1.82) is 0 Å². The molecular formula is C11H21N5O. The van der Waals surface area contributed by atoms with Crippen molar-refractivity contribution >= 4 is 11.6 Å². The number of methoxy groups -OCH3 is 1. The van der Waals surface area contributed by atoms with E-state index in [0.717, 1.165) is 30.9 Å². The van der Waals surface area contributed by atoms with Crippen LogP contribution < -0.4 is 16.2 Å². The Balaban J connectivity index is 3.00. The van der Waals surface area contributed by atoms with E-state index >= 15 is 0 Å². The molecule has 96 valence electrons. The number of nitrogen functional groups attached to an aromatic ring is 1. The maximum atomic E-state index is 5.45. The van der Waals surface area contributed by atoms with Crippen molar-refractivity contribution in [2.75, 3.05) is 37.1 Å². The first-order valence-electron chi connectivity index (χ1n) is 5.82. The minimum atomic E-state index is 0.673. The molecule has 0 saturated heterocycles. The van der Waals surface area contributed by atoms with E-state index in [1.165, 1.54) is 6.33 Å². The van der Waals surface area contributed by atoms with Gasteiger partial charge >= 0.3 is 0 Å². The van der Waals surface area contributed by atoms with Crippen LogP contribution in [0.15, 0.2) is 6.33 Å². The highest BCUT2D eigenvalue weighted by molar-refractivity contribution is 5.58. The number of hydrogen-bond acceptors (Lipinski definition) is 6. The fourth-order valence-corrected chi connectivity index (χ4v) is 1.74. The summed E-state index contributed by atoms with van der Waals surface area (Å²) in [7, 11) is 1.70. The monoisotopic (exact) mass is 239 g/mol. The molecule has 0 amide bonds. The summed E-state index contributed by atoms with van der Waals surface area (Å²) in [5.41, 5.74) is 3.65. The maximum Gasteiger partial charge on any atom is 0.148 e. The lowest BCUT2D eigenvalue weighted by molar-refractivity contribution is 0.205. The van der Waals surface area contributed by atoms with Crippen LogP contribution in [0.25, 0.3) is 0 Å². The van der Waals surface area contributed by atoms with Crippen LogP contribution in [0.2, 0.25) is 0 Å². The first-order chi connectivity index (χ1) is 8.28. The fraction of sp³-hybridized carbons (Fsp3) is 0.636. The van der Waals surface area contributed by atoms with E-state index in [1.807, 2.05) is 0 Å². The molecule has 0 saturated carbocycles. The quantitative estimate of drug-likeness (QED) is 0.541. The van der Waals surface area contributed by atoms with Gasteiger partial charge in [0, 0.05) is 25.8 Å². The van der Waals surface area contributed by atoms with Gasteiger partial charge in [0.25, 0.3) is 0 Å². The summed E-state index contributed by atoms with van der Waals surface area (Å²) in [6.45, 7) is 6.50. The SMILES string of the molecule is CCc1c(NN)ncnc1N(CC)CCOC. The van der Waals surface area contributed by atoms with E-state index in [1.54, 1.807) is 7.11 Å². The number of rotatable bonds is 7. The topological polar surface area (TPSA) is 76.3 Å². The lowest BCUT2D eigenvalue weighted by Gasteiger charge is -2.24. The van der Waals surface area contributed by atoms with Crippen LogP contribution >= 0.6 is 0 Å². The van der Waals surface area contributed by atoms with Gasteiger partial charge in [-0.1, -0.05) is 6.92 Å². The molecule has 6 nitrogen and oxygen atoms in total. The Morgan fingerprint density at radius 3 is 2.71 bits per heavy atom. The van der Waals surface area contributed by atoms with Crippen LogP contribution in [0.1, 0.15) is 19.4 Å². The third-order valence-electron chi connectivity index (χ3n) is 2.66. The molecule has 0 aliphatic heterocycles. The Morgan fingerprint density at radius 1 is 1.41 bits per heavy atom. The second kappa shape index (κ2) is 7.03. The molecule has 0 aliphatic rings. The Kier molecular flexibility index (Phi) is 5.65. The van der Waals surface area contributed by atoms with Crippen molar-refractivity contribution < 1.29 is 4.74 Å². The molecule has 0 atom stereocenters. The molecular weight excluding hydrogens is 218 g/mol. The minimum Gasteiger partial charge on any atom is -0.383 e. The maximum absolute atomic E-state index is 5.45. The highest BCUT2D eigenvalue weighted by Gasteiger charge is 2.14. The first-order valence-corrected chi connectivity index (χ1v) is 5.82. The van der Waals surface area contributed by atoms with Crippen LogP contribution in [0.5, 0.6) is 0 Å². The summed E-state index contributed by atoms with van der Waals surface area (Å²) in [5, 5.41) is 0. The van der Waals surface area contributed by atoms with E-state index in [9.17, 15) is 0 Å². The molecule has 1 heterocycles. The molecule has 3 N–H and O–H groups in total. The number of hydrazine groups is 1. The summed E-state index contributed by atoms with van der Waals surface area (Å²) in [5.74, 6) is 7.07. The van der Waals surface area contributed by atoms with Crippen molar-refractivity contribution in [3.63, 3.8) is 0 Å². The molecule has 0 bridgehead atoms. The van der Waals surface area contributed by atoms with Crippen molar-refractivity contribution in [2.45, 2.75) is 20.3 Å². The van der Waals surface area contributed by atoms with Crippen LogP contribution in [-0.2, 0) is 11.2 Å². The zero-order chi connectivity index (χ0) is 12.7. The number of nitrogens with one attached hydrogen (secondary N) is 1. The minimum absolute atomic E-state index is 0.673. The van der Waals surface area contributed by atoms with Crippen molar-refractivity contribution in [3.05, 3.63) is 11.9 Å². The lowest BCUT2D eigenvalue weighted by atomic mass is 10.2. The van der Waals surface area contributed by atoms with E-state index in [2.05, 4.69) is 34.1 Å². The zero-order valence-corrected chi connectivity index (χ0v) is 10.7. The summed E-state index contributed by atoms with van der Waals surface area (Å²) < 4.78 is 5.10. The molecule has 1 aromatic heterocycles. The second-order valence-corrected chi connectivity index (χ2v) is 3.59. The molecule has 0 aromatic carbocycles. The largest absolute Gasteiger partial charge is 0.383 e. The van der Waals surface area contributed by atoms with E-state index in [0.29, 0.717) is 12.4 Å². The Labute approximate surface area is 102 Å². The number of aromatic nitrogens is 2. The Morgan fingerprint density at radius 2 is 2.18 bits per heavy atom. The second-order valence-electron chi connectivity index (χ2n) is 3.59. The smallest absolute Gasteiger partial charge is 0.148 e. The summed E-state index contributed by atoms with van der Waals surface area (Å²) in [6, 6.07) is 0. The van der Waals surface area contributed by atoms with Gasteiger partial charge in [-0.05, 0) is 13.3 Å². The predicted molar refractivity (Wildman–Crippen MR) is 69.0 cm³/mol. The number of hydrogen-bond donors (Lipinski definition) is 2. The number of likely N-dealkylation sites (N-methyl/N-ethyl adjacent to an activating group) is 1. The first kappa shape index (κ1) is 13.7. The van der Waals surface area contributed by atoms with Crippen molar-refractivity contribution in [2.24, 2.45) is 5.84 Å². The summed E-state index contributed by atoms with van der Waals surface area (Å²) in [6.07, 6.45) is 2.36. The molecule has 0 spiro atoms. The Bertz CT molecular complexity index is 345. The highest BCUT2D eigenvalue weighted by Crippen LogP contribution is 2.22. The van der Waals surface area contributed by atoms with Gasteiger partial charge in [-0.3, -0.25) is 0 Å². The molecule has 0 aliphatic carbocycles.